The molecule has 1 unspecified atom stereocenters. The van der Waals surface area contributed by atoms with Crippen molar-refractivity contribution in [2.45, 2.75) is 19.8 Å². The van der Waals surface area contributed by atoms with E-state index in [0.717, 1.165) is 23.2 Å². The lowest BCUT2D eigenvalue weighted by molar-refractivity contribution is 0.103. The first-order valence-corrected chi connectivity index (χ1v) is 10.5. The maximum atomic E-state index is 13.1. The first-order valence-electron chi connectivity index (χ1n) is 8.57. The number of benzene rings is 1. The summed E-state index contributed by atoms with van der Waals surface area (Å²) >= 11 is 0. The zero-order chi connectivity index (χ0) is 20.5. The lowest BCUT2D eigenvalue weighted by Crippen LogP contribution is -2.10. The molecule has 0 amide bonds. The second kappa shape index (κ2) is 7.55. The number of hydrogen-bond donors (Lipinski definition) is 2. The van der Waals surface area contributed by atoms with Gasteiger partial charge in [0.15, 0.2) is 0 Å². The van der Waals surface area contributed by atoms with E-state index >= 15 is 0 Å². The van der Waals surface area contributed by atoms with Crippen LogP contribution in [0.1, 0.15) is 45.8 Å². The zero-order valence-electron chi connectivity index (χ0n) is 15.7. The van der Waals surface area contributed by atoms with E-state index in [9.17, 15) is 17.6 Å². The highest BCUT2D eigenvalue weighted by Gasteiger charge is 2.19. The number of sulfonamides is 1. The minimum atomic E-state index is -3.36. The highest BCUT2D eigenvalue weighted by atomic mass is 32.2. The van der Waals surface area contributed by atoms with Gasteiger partial charge in [-0.1, -0.05) is 6.92 Å². The van der Waals surface area contributed by atoms with E-state index in [1.165, 1.54) is 30.5 Å². The highest BCUT2D eigenvalue weighted by molar-refractivity contribution is 7.92. The molecule has 3 aromatic rings. The van der Waals surface area contributed by atoms with Gasteiger partial charge in [-0.25, -0.2) is 12.8 Å². The minimum Gasteiger partial charge on any atom is -0.355 e. The first kappa shape index (κ1) is 19.8. The molecule has 0 bridgehead atoms. The molecule has 0 aliphatic heterocycles. The number of nitrogens with one attached hydrogen (secondary N) is 2. The van der Waals surface area contributed by atoms with Gasteiger partial charge in [-0.15, -0.1) is 0 Å². The molecule has 0 spiro atoms. The fourth-order valence-corrected chi connectivity index (χ4v) is 3.44. The molecule has 0 radical (unpaired) electrons. The summed E-state index contributed by atoms with van der Waals surface area (Å²) in [5.74, 6) is -0.744. The molecule has 0 fully saturated rings. The molecule has 3 rings (SSSR count). The van der Waals surface area contributed by atoms with Gasteiger partial charge >= 0.3 is 0 Å². The Morgan fingerprint density at radius 3 is 2.43 bits per heavy atom. The molecular weight excluding hydrogens is 381 g/mol. The standard InChI is InChI=1S/C20H20FN3O3S/c1-12-10-18(23-19(12)20(25)14-4-6-15(21)7-5-14)13(2)17-9-8-16(11-22-17)24-28(3,26)27/h4-11,13,23-24H,1-3H3. The molecule has 2 heterocycles. The average Bonchev–Trinajstić information content (AvgIpc) is 3.02. The largest absolute Gasteiger partial charge is 0.355 e. The van der Waals surface area contributed by atoms with Crippen molar-refractivity contribution in [3.8, 4) is 0 Å². The number of aryl methyl sites for hydroxylation is 1. The number of halogens is 1. The molecule has 28 heavy (non-hydrogen) atoms. The molecule has 0 aliphatic rings. The van der Waals surface area contributed by atoms with Crippen molar-refractivity contribution in [3.05, 3.63) is 82.7 Å². The number of carbonyl (C=O) groups is 1. The van der Waals surface area contributed by atoms with E-state index in [0.29, 0.717) is 16.9 Å². The topological polar surface area (TPSA) is 91.9 Å². The van der Waals surface area contributed by atoms with Crippen LogP contribution in [0.15, 0.2) is 48.7 Å². The van der Waals surface area contributed by atoms with Crippen LogP contribution in [-0.2, 0) is 10.0 Å². The van der Waals surface area contributed by atoms with Crippen molar-refractivity contribution in [2.24, 2.45) is 0 Å². The van der Waals surface area contributed by atoms with Crippen molar-refractivity contribution in [1.82, 2.24) is 9.97 Å². The molecule has 8 heteroatoms. The number of anilines is 1. The smallest absolute Gasteiger partial charge is 0.229 e. The summed E-state index contributed by atoms with van der Waals surface area (Å²) in [6.45, 7) is 3.76. The molecule has 0 saturated heterocycles. The summed E-state index contributed by atoms with van der Waals surface area (Å²) in [6, 6.07) is 10.7. The van der Waals surface area contributed by atoms with Crippen LogP contribution in [0.4, 0.5) is 10.1 Å². The van der Waals surface area contributed by atoms with Crippen LogP contribution in [-0.4, -0.2) is 30.4 Å². The van der Waals surface area contributed by atoms with E-state index in [2.05, 4.69) is 14.7 Å². The number of nitrogens with zero attached hydrogens (tertiary/aromatic N) is 1. The van der Waals surface area contributed by atoms with Gasteiger partial charge in [-0.3, -0.25) is 14.5 Å². The summed E-state index contributed by atoms with van der Waals surface area (Å²) in [6.07, 6.45) is 2.53. The third-order valence-electron chi connectivity index (χ3n) is 4.37. The third-order valence-corrected chi connectivity index (χ3v) is 4.98. The quantitative estimate of drug-likeness (QED) is 0.617. The number of aromatic amines is 1. The Labute approximate surface area is 162 Å². The Bertz CT molecular complexity index is 1100. The van der Waals surface area contributed by atoms with Crippen molar-refractivity contribution in [2.75, 3.05) is 11.0 Å². The number of aromatic nitrogens is 2. The van der Waals surface area contributed by atoms with E-state index < -0.39 is 15.8 Å². The van der Waals surface area contributed by atoms with Crippen molar-refractivity contribution >= 4 is 21.5 Å². The molecule has 1 aromatic carbocycles. The lowest BCUT2D eigenvalue weighted by atomic mass is 10.0. The van der Waals surface area contributed by atoms with Crippen LogP contribution in [0.3, 0.4) is 0 Å². The van der Waals surface area contributed by atoms with Crippen molar-refractivity contribution in [3.63, 3.8) is 0 Å². The Balaban J connectivity index is 1.83. The Kier molecular flexibility index (Phi) is 5.33. The number of rotatable bonds is 6. The number of H-pyrrole nitrogens is 1. The van der Waals surface area contributed by atoms with Crippen LogP contribution in [0.5, 0.6) is 0 Å². The summed E-state index contributed by atoms with van der Waals surface area (Å²) < 4.78 is 38.0. The van der Waals surface area contributed by atoms with E-state index in [1.807, 2.05) is 19.9 Å². The number of carbonyl (C=O) groups excluding carboxylic acids is 1. The average molecular weight is 401 g/mol. The van der Waals surface area contributed by atoms with E-state index in [1.54, 1.807) is 12.1 Å². The Morgan fingerprint density at radius 1 is 1.18 bits per heavy atom. The Hall–Kier alpha value is -3.00. The SMILES string of the molecule is Cc1cc(C(C)c2ccc(NS(C)(=O)=O)cn2)[nH]c1C(=O)c1ccc(F)cc1. The van der Waals surface area contributed by atoms with Crippen LogP contribution in [0, 0.1) is 12.7 Å². The second-order valence-electron chi connectivity index (χ2n) is 6.69. The first-order chi connectivity index (χ1) is 13.1. The monoisotopic (exact) mass is 401 g/mol. The van der Waals surface area contributed by atoms with Gasteiger partial charge in [-0.05, 0) is 55.0 Å². The van der Waals surface area contributed by atoms with Crippen LogP contribution in [0.2, 0.25) is 0 Å². The van der Waals surface area contributed by atoms with Crippen molar-refractivity contribution in [1.29, 1.82) is 0 Å². The fourth-order valence-electron chi connectivity index (χ4n) is 2.89. The summed E-state index contributed by atoms with van der Waals surface area (Å²) in [7, 11) is -3.36. The number of hydrogen-bond acceptors (Lipinski definition) is 4. The van der Waals surface area contributed by atoms with Gasteiger partial charge in [0.25, 0.3) is 0 Å². The fraction of sp³-hybridized carbons (Fsp3) is 0.200. The predicted octanol–water partition coefficient (Wildman–Crippen LogP) is 3.61. The summed E-state index contributed by atoms with van der Waals surface area (Å²) in [5, 5.41) is 0. The number of ketones is 1. The van der Waals surface area contributed by atoms with Gasteiger partial charge in [0.1, 0.15) is 5.82 Å². The summed E-state index contributed by atoms with van der Waals surface area (Å²) in [5.41, 5.74) is 3.55. The highest BCUT2D eigenvalue weighted by Crippen LogP contribution is 2.26. The molecule has 2 N–H and O–H groups in total. The molecule has 146 valence electrons. The lowest BCUT2D eigenvalue weighted by Gasteiger charge is -2.10. The Morgan fingerprint density at radius 2 is 1.86 bits per heavy atom. The maximum Gasteiger partial charge on any atom is 0.229 e. The van der Waals surface area contributed by atoms with Gasteiger partial charge < -0.3 is 4.98 Å². The van der Waals surface area contributed by atoms with Gasteiger partial charge in [-0.2, -0.15) is 0 Å². The zero-order valence-corrected chi connectivity index (χ0v) is 16.5. The molecule has 2 aromatic heterocycles. The van der Waals surface area contributed by atoms with Crippen molar-refractivity contribution < 1.29 is 17.6 Å². The molecule has 1 atom stereocenters. The molecular formula is C20H20FN3O3S. The predicted molar refractivity (Wildman–Crippen MR) is 106 cm³/mol. The third kappa shape index (κ3) is 4.45. The number of pyridine rings is 1. The molecule has 0 saturated carbocycles. The van der Waals surface area contributed by atoms with Gasteiger partial charge in [0.2, 0.25) is 15.8 Å². The molecule has 6 nitrogen and oxygen atoms in total. The van der Waals surface area contributed by atoms with Gasteiger partial charge in [0, 0.05) is 22.9 Å². The van der Waals surface area contributed by atoms with E-state index in [-0.39, 0.29) is 11.7 Å². The normalized spacial score (nSPS) is 12.6. The van der Waals surface area contributed by atoms with E-state index in [4.69, 9.17) is 0 Å². The summed E-state index contributed by atoms with van der Waals surface area (Å²) in [4.78, 5) is 20.2. The molecule has 0 aliphatic carbocycles. The van der Waals surface area contributed by atoms with Crippen LogP contribution < -0.4 is 4.72 Å². The minimum absolute atomic E-state index is 0.138. The second-order valence-corrected chi connectivity index (χ2v) is 8.43. The maximum absolute atomic E-state index is 13.1. The van der Waals surface area contributed by atoms with Gasteiger partial charge in [0.05, 0.1) is 23.8 Å². The van der Waals surface area contributed by atoms with Crippen LogP contribution in [0.25, 0.3) is 0 Å². The van der Waals surface area contributed by atoms with Crippen LogP contribution >= 0.6 is 0 Å².